The normalized spacial score (nSPS) is 19.5. The number of sulfonamides is 1. The maximum atomic E-state index is 13.4. The summed E-state index contributed by atoms with van der Waals surface area (Å²) in [5.41, 5.74) is 3.01. The Morgan fingerprint density at radius 1 is 0.906 bits per heavy atom. The van der Waals surface area contributed by atoms with Crippen LogP contribution in [0.15, 0.2) is 21.6 Å². The minimum Gasteiger partial charge on any atom is -0.454 e. The van der Waals surface area contributed by atoms with Gasteiger partial charge in [-0.3, -0.25) is 0 Å². The molecule has 0 aliphatic carbocycles. The number of hydrogen-bond donors (Lipinski definition) is 0. The van der Waals surface area contributed by atoms with E-state index in [0.717, 1.165) is 63.1 Å². The molecule has 2 aromatic rings. The fraction of sp³-hybridized carbons (Fsp3) is 0.609. The summed E-state index contributed by atoms with van der Waals surface area (Å²) in [7, 11) is -1.51. The molecule has 0 amide bonds. The fourth-order valence-electron chi connectivity index (χ4n) is 4.55. The molecule has 0 spiro atoms. The zero-order valence-electron chi connectivity index (χ0n) is 19.2. The molecule has 32 heavy (non-hydrogen) atoms. The third-order valence-corrected chi connectivity index (χ3v) is 8.40. The van der Waals surface area contributed by atoms with Crippen molar-refractivity contribution in [3.05, 3.63) is 34.7 Å². The summed E-state index contributed by atoms with van der Waals surface area (Å²) < 4.78 is 44.6. The molecule has 0 unspecified atom stereocenters. The number of hydrogen-bond acceptors (Lipinski definition) is 7. The van der Waals surface area contributed by atoms with Gasteiger partial charge in [0.05, 0.1) is 0 Å². The van der Waals surface area contributed by atoms with Gasteiger partial charge in [-0.15, -0.1) is 0 Å². The van der Waals surface area contributed by atoms with Crippen molar-refractivity contribution in [3.63, 3.8) is 0 Å². The molecule has 9 heteroatoms. The smallest absolute Gasteiger partial charge is 0.248 e. The highest BCUT2D eigenvalue weighted by Gasteiger charge is 2.30. The lowest BCUT2D eigenvalue weighted by Gasteiger charge is -2.24. The van der Waals surface area contributed by atoms with Crippen LogP contribution in [0.2, 0.25) is 0 Å². The molecule has 2 aliphatic rings. The van der Waals surface area contributed by atoms with Gasteiger partial charge in [0.1, 0.15) is 10.6 Å². The summed E-state index contributed by atoms with van der Waals surface area (Å²) in [4.78, 5) is 2.51. The van der Waals surface area contributed by atoms with Crippen molar-refractivity contribution in [1.29, 1.82) is 0 Å². The largest absolute Gasteiger partial charge is 0.454 e. The van der Waals surface area contributed by atoms with Crippen LogP contribution in [-0.4, -0.2) is 56.3 Å². The van der Waals surface area contributed by atoms with E-state index in [1.807, 2.05) is 0 Å². The third-order valence-electron chi connectivity index (χ3n) is 6.25. The highest BCUT2D eigenvalue weighted by atomic mass is 32.2. The predicted octanol–water partition coefficient (Wildman–Crippen LogP) is 3.65. The molecule has 0 saturated heterocycles. The molecular formula is C23H33N3O5S. The maximum Gasteiger partial charge on any atom is 0.248 e. The first-order valence-corrected chi connectivity index (χ1v) is 12.8. The van der Waals surface area contributed by atoms with E-state index in [9.17, 15) is 8.42 Å². The number of benzene rings is 1. The molecule has 176 valence electrons. The molecular weight excluding hydrogens is 430 g/mol. The molecule has 0 radical (unpaired) electrons. The highest BCUT2D eigenvalue weighted by Crippen LogP contribution is 2.36. The van der Waals surface area contributed by atoms with Crippen molar-refractivity contribution in [3.8, 4) is 11.5 Å². The zero-order valence-corrected chi connectivity index (χ0v) is 20.0. The average Bonchev–Trinajstić information content (AvgIpc) is 3.34. The first-order chi connectivity index (χ1) is 15.4. The summed E-state index contributed by atoms with van der Waals surface area (Å²) in [6, 6.07) is 4.24. The lowest BCUT2D eigenvalue weighted by atomic mass is 9.99. The van der Waals surface area contributed by atoms with E-state index in [0.29, 0.717) is 24.5 Å². The fourth-order valence-corrected chi connectivity index (χ4v) is 6.36. The van der Waals surface area contributed by atoms with E-state index in [1.54, 1.807) is 18.2 Å². The number of aromatic nitrogens is 1. The first kappa shape index (κ1) is 23.1. The van der Waals surface area contributed by atoms with Crippen LogP contribution in [0.3, 0.4) is 0 Å². The Hall–Kier alpha value is -2.10. The Balaban J connectivity index is 1.50. The van der Waals surface area contributed by atoms with Gasteiger partial charge in [0.15, 0.2) is 17.3 Å². The molecule has 1 aromatic heterocycles. The van der Waals surface area contributed by atoms with Crippen LogP contribution in [-0.2, 0) is 23.0 Å². The summed E-state index contributed by atoms with van der Waals surface area (Å²) >= 11 is 0. The van der Waals surface area contributed by atoms with Crippen molar-refractivity contribution in [2.75, 3.05) is 33.5 Å². The van der Waals surface area contributed by atoms with Crippen molar-refractivity contribution >= 4 is 10.0 Å². The van der Waals surface area contributed by atoms with Crippen LogP contribution in [0, 0.1) is 13.8 Å². The van der Waals surface area contributed by atoms with E-state index >= 15 is 0 Å². The van der Waals surface area contributed by atoms with Gasteiger partial charge >= 0.3 is 0 Å². The number of fused-ring (bicyclic) bond motifs is 2. The van der Waals surface area contributed by atoms with Crippen molar-refractivity contribution < 1.29 is 22.4 Å². The zero-order chi connectivity index (χ0) is 22.7. The maximum absolute atomic E-state index is 13.4. The van der Waals surface area contributed by atoms with E-state index < -0.39 is 10.0 Å². The number of aryl methyl sites for hydroxylation is 3. The van der Waals surface area contributed by atoms with Crippen LogP contribution < -0.4 is 9.47 Å². The number of nitrogens with zero attached hydrogens (tertiary/aromatic N) is 3. The Labute approximate surface area is 190 Å². The molecule has 0 N–H and O–H groups in total. The number of rotatable bonds is 2. The third kappa shape index (κ3) is 4.94. The molecule has 8 nitrogen and oxygen atoms in total. The van der Waals surface area contributed by atoms with E-state index in [4.69, 9.17) is 14.0 Å². The minimum absolute atomic E-state index is 0.223. The minimum atomic E-state index is -3.62. The average molecular weight is 464 g/mol. The van der Waals surface area contributed by atoms with Gasteiger partial charge in [0.2, 0.25) is 16.8 Å². The molecule has 0 bridgehead atoms. The van der Waals surface area contributed by atoms with Gasteiger partial charge in [-0.2, -0.15) is 4.31 Å². The topological polar surface area (TPSA) is 85.1 Å². The second-order valence-electron chi connectivity index (χ2n) is 8.79. The quantitative estimate of drug-likeness (QED) is 0.672. The van der Waals surface area contributed by atoms with Gasteiger partial charge < -0.3 is 18.9 Å². The number of ether oxygens (including phenoxy) is 2. The molecule has 0 fully saturated rings. The molecule has 4 rings (SSSR count). The SMILES string of the molecule is Cc1noc(C)c1S(=O)(=O)N1CCCCCc2cc3c(cc2CN(C)CCCC1)OCO3. The molecule has 2 aliphatic heterocycles. The molecule has 1 aromatic carbocycles. The van der Waals surface area contributed by atoms with Gasteiger partial charge in [0.25, 0.3) is 0 Å². The highest BCUT2D eigenvalue weighted by molar-refractivity contribution is 7.89. The standard InChI is InChI=1S/C23H33N3O5S/c1-17-23(18(2)31-24-17)32(27,28)26-11-6-4-5-9-19-13-21-22(30-16-29-21)14-20(19)15-25(3)10-7-8-12-26/h13-14H,4-12,15-16H2,1-3H3. The van der Waals surface area contributed by atoms with Crippen LogP contribution >= 0.6 is 0 Å². The van der Waals surface area contributed by atoms with E-state index in [2.05, 4.69) is 29.2 Å². The summed E-state index contributed by atoms with van der Waals surface area (Å²) in [6.07, 6.45) is 5.44. The van der Waals surface area contributed by atoms with Crippen LogP contribution in [0.4, 0.5) is 0 Å². The molecule has 3 heterocycles. The van der Waals surface area contributed by atoms with E-state index in [-0.39, 0.29) is 11.7 Å². The van der Waals surface area contributed by atoms with Gasteiger partial charge in [-0.1, -0.05) is 11.6 Å². The van der Waals surface area contributed by atoms with Crippen molar-refractivity contribution in [2.24, 2.45) is 0 Å². The van der Waals surface area contributed by atoms with Gasteiger partial charge in [0, 0.05) is 19.6 Å². The predicted molar refractivity (Wildman–Crippen MR) is 120 cm³/mol. The van der Waals surface area contributed by atoms with Crippen molar-refractivity contribution in [1.82, 2.24) is 14.4 Å². The lowest BCUT2D eigenvalue weighted by molar-refractivity contribution is 0.174. The summed E-state index contributed by atoms with van der Waals surface area (Å²) in [5, 5.41) is 3.85. The Morgan fingerprint density at radius 2 is 1.56 bits per heavy atom. The molecule has 0 saturated carbocycles. The Morgan fingerprint density at radius 3 is 2.25 bits per heavy atom. The van der Waals surface area contributed by atoms with Gasteiger partial charge in [-0.05, 0) is 82.8 Å². The van der Waals surface area contributed by atoms with Crippen LogP contribution in [0.5, 0.6) is 11.5 Å². The summed E-state index contributed by atoms with van der Waals surface area (Å²) in [5.74, 6) is 2.01. The van der Waals surface area contributed by atoms with Gasteiger partial charge in [-0.25, -0.2) is 8.42 Å². The second kappa shape index (κ2) is 9.80. The second-order valence-corrected chi connectivity index (χ2v) is 10.7. The van der Waals surface area contributed by atoms with Crippen LogP contribution in [0.25, 0.3) is 0 Å². The lowest BCUT2D eigenvalue weighted by Crippen LogP contribution is -2.34. The van der Waals surface area contributed by atoms with E-state index in [1.165, 1.54) is 11.1 Å². The summed E-state index contributed by atoms with van der Waals surface area (Å²) in [6.45, 7) is 6.38. The first-order valence-electron chi connectivity index (χ1n) is 11.4. The Kier molecular flexibility index (Phi) is 7.07. The van der Waals surface area contributed by atoms with Crippen LogP contribution in [0.1, 0.15) is 54.7 Å². The van der Waals surface area contributed by atoms with Crippen molar-refractivity contribution in [2.45, 2.75) is 63.8 Å². The monoisotopic (exact) mass is 463 g/mol. The Bertz CT molecular complexity index is 1030. The molecule has 0 atom stereocenters.